The van der Waals surface area contributed by atoms with Gasteiger partial charge in [-0.05, 0) is 70.8 Å². The average Bonchev–Trinajstić information content (AvgIpc) is 3.79. The second-order valence-corrected chi connectivity index (χ2v) is 13.9. The number of para-hydroxylation sites is 4. The maximum Gasteiger partial charge on any atom is 0.136 e. The van der Waals surface area contributed by atoms with Crippen molar-refractivity contribution < 1.29 is 18.3 Å². The van der Waals surface area contributed by atoms with E-state index in [-0.39, 0.29) is 0 Å². The molecule has 4 nitrogen and oxygen atoms in total. The van der Waals surface area contributed by atoms with E-state index in [4.69, 9.17) is 18.3 Å². The van der Waals surface area contributed by atoms with E-state index >= 15 is 0 Å². The number of hydrogen-bond acceptors (Lipinski definition) is 4. The number of rotatable bonds is 2. The van der Waals surface area contributed by atoms with Gasteiger partial charge in [-0.1, -0.05) is 121 Å². The summed E-state index contributed by atoms with van der Waals surface area (Å²) in [5.74, 6) is 3.27. The van der Waals surface area contributed by atoms with Crippen molar-refractivity contribution in [3.63, 3.8) is 0 Å². The molecule has 0 radical (unpaired) electrons. The minimum Gasteiger partial charge on any atom is -0.457 e. The molecule has 2 aliphatic heterocycles. The Labute approximate surface area is 304 Å². The topological polar surface area (TPSA) is 44.7 Å². The van der Waals surface area contributed by atoms with Gasteiger partial charge < -0.3 is 18.3 Å². The molecule has 0 aliphatic carbocycles. The molecule has 10 aromatic rings. The lowest BCUT2D eigenvalue weighted by Gasteiger charge is -2.45. The van der Waals surface area contributed by atoms with Crippen molar-refractivity contribution in [3.05, 3.63) is 192 Å². The fourth-order valence-electron chi connectivity index (χ4n) is 9.04. The van der Waals surface area contributed by atoms with Gasteiger partial charge in [0, 0.05) is 43.8 Å². The summed E-state index contributed by atoms with van der Waals surface area (Å²) in [6.07, 6.45) is 0. The van der Waals surface area contributed by atoms with E-state index in [2.05, 4.69) is 121 Å². The fraction of sp³-hybridized carbons (Fsp3) is 0.0204. The first-order chi connectivity index (χ1) is 26.3. The normalized spacial score (nSPS) is 13.7. The highest BCUT2D eigenvalue weighted by Crippen LogP contribution is 2.62. The van der Waals surface area contributed by atoms with E-state index < -0.39 is 5.41 Å². The highest BCUT2D eigenvalue weighted by molar-refractivity contribution is 6.13. The first-order valence-corrected chi connectivity index (χ1v) is 17.9. The van der Waals surface area contributed by atoms with Crippen molar-refractivity contribution in [1.29, 1.82) is 0 Å². The summed E-state index contributed by atoms with van der Waals surface area (Å²) < 4.78 is 26.3. The Hall–Kier alpha value is -7.04. The number of hydrogen-bond donors (Lipinski definition) is 0. The largest absolute Gasteiger partial charge is 0.457 e. The quantitative estimate of drug-likeness (QED) is 0.182. The zero-order valence-corrected chi connectivity index (χ0v) is 28.3. The SMILES string of the molecule is c1ccc2c(c1)Oc1cc(-c3cccc4oc5ccccc5c34)ccc1C21c2ccccc2Oc2cc(-c3cccc4oc5ccccc5c34)ccc21. The van der Waals surface area contributed by atoms with Gasteiger partial charge in [0.1, 0.15) is 45.3 Å². The molecule has 53 heavy (non-hydrogen) atoms. The highest BCUT2D eigenvalue weighted by atomic mass is 16.5. The first kappa shape index (κ1) is 28.6. The van der Waals surface area contributed by atoms with Gasteiger partial charge in [0.25, 0.3) is 0 Å². The van der Waals surface area contributed by atoms with E-state index in [1.165, 1.54) is 0 Å². The summed E-state index contributed by atoms with van der Waals surface area (Å²) in [7, 11) is 0. The van der Waals surface area contributed by atoms with E-state index in [9.17, 15) is 0 Å². The van der Waals surface area contributed by atoms with E-state index in [0.29, 0.717) is 0 Å². The van der Waals surface area contributed by atoms with Gasteiger partial charge in [-0.2, -0.15) is 0 Å². The third kappa shape index (κ3) is 3.84. The minimum atomic E-state index is -0.700. The van der Waals surface area contributed by atoms with Gasteiger partial charge in [-0.25, -0.2) is 0 Å². The summed E-state index contributed by atoms with van der Waals surface area (Å²) >= 11 is 0. The molecule has 248 valence electrons. The summed E-state index contributed by atoms with van der Waals surface area (Å²) in [4.78, 5) is 0. The second kappa shape index (κ2) is 10.5. The molecule has 4 heterocycles. The highest BCUT2D eigenvalue weighted by Gasteiger charge is 2.50. The molecule has 0 amide bonds. The van der Waals surface area contributed by atoms with Crippen molar-refractivity contribution in [2.75, 3.05) is 0 Å². The Bertz CT molecular complexity index is 2930. The molecule has 0 saturated heterocycles. The van der Waals surface area contributed by atoms with Gasteiger partial charge in [0.15, 0.2) is 0 Å². The molecule has 12 rings (SSSR count). The van der Waals surface area contributed by atoms with Gasteiger partial charge in [0.2, 0.25) is 0 Å². The number of furan rings is 2. The zero-order chi connectivity index (χ0) is 34.7. The van der Waals surface area contributed by atoms with Crippen molar-refractivity contribution in [2.45, 2.75) is 5.41 Å². The van der Waals surface area contributed by atoms with E-state index in [1.54, 1.807) is 0 Å². The van der Waals surface area contributed by atoms with Crippen LogP contribution in [0.25, 0.3) is 66.1 Å². The molecule has 2 aliphatic rings. The smallest absolute Gasteiger partial charge is 0.136 e. The molecule has 0 atom stereocenters. The zero-order valence-electron chi connectivity index (χ0n) is 28.3. The van der Waals surface area contributed by atoms with E-state index in [1.807, 2.05) is 48.5 Å². The fourth-order valence-corrected chi connectivity index (χ4v) is 9.04. The number of ether oxygens (including phenoxy) is 2. The Balaban J connectivity index is 1.11. The second-order valence-electron chi connectivity index (χ2n) is 13.9. The van der Waals surface area contributed by atoms with Crippen LogP contribution in [0.3, 0.4) is 0 Å². The molecule has 1 spiro atoms. The lowest BCUT2D eigenvalue weighted by atomic mass is 9.62. The molecule has 0 saturated carbocycles. The Kier molecular flexibility index (Phi) is 5.67. The third-order valence-corrected chi connectivity index (χ3v) is 11.2. The maximum atomic E-state index is 6.88. The monoisotopic (exact) mass is 680 g/mol. The minimum absolute atomic E-state index is 0.700. The van der Waals surface area contributed by atoms with Crippen LogP contribution in [0.1, 0.15) is 22.3 Å². The van der Waals surface area contributed by atoms with Crippen LogP contribution >= 0.6 is 0 Å². The van der Waals surface area contributed by atoms with Gasteiger partial charge in [0.05, 0.1) is 5.41 Å². The van der Waals surface area contributed by atoms with Gasteiger partial charge in [-0.15, -0.1) is 0 Å². The Morgan fingerprint density at radius 1 is 0.321 bits per heavy atom. The molecule has 0 N–H and O–H groups in total. The third-order valence-electron chi connectivity index (χ3n) is 11.2. The molecule has 0 fully saturated rings. The summed E-state index contributed by atoms with van der Waals surface area (Å²) in [5.41, 5.74) is 11.4. The molecule has 4 heteroatoms. The molecule has 2 aromatic heterocycles. The molecule has 0 bridgehead atoms. The van der Waals surface area contributed by atoms with Crippen LogP contribution in [0.5, 0.6) is 23.0 Å². The van der Waals surface area contributed by atoms with Crippen LogP contribution < -0.4 is 9.47 Å². The summed E-state index contributed by atoms with van der Waals surface area (Å²) in [6.45, 7) is 0. The van der Waals surface area contributed by atoms with Crippen LogP contribution in [-0.4, -0.2) is 0 Å². The number of benzene rings is 8. The predicted molar refractivity (Wildman–Crippen MR) is 210 cm³/mol. The van der Waals surface area contributed by atoms with Gasteiger partial charge in [-0.3, -0.25) is 0 Å². The average molecular weight is 681 g/mol. The van der Waals surface area contributed by atoms with Crippen LogP contribution in [0.4, 0.5) is 0 Å². The Morgan fingerprint density at radius 3 is 1.25 bits per heavy atom. The summed E-state index contributed by atoms with van der Waals surface area (Å²) in [6, 6.07) is 59.2. The van der Waals surface area contributed by atoms with E-state index in [0.717, 1.165) is 111 Å². The predicted octanol–water partition coefficient (Wildman–Crippen LogP) is 13.4. The lowest BCUT2D eigenvalue weighted by Crippen LogP contribution is -2.36. The van der Waals surface area contributed by atoms with Crippen LogP contribution in [0.15, 0.2) is 179 Å². The van der Waals surface area contributed by atoms with Crippen LogP contribution in [0, 0.1) is 0 Å². The standard InChI is InChI=1S/C49H28O4/c1-5-17-39-33(11-1)47-31(13-9-21-43(47)50-39)29-23-25-37-45(27-29)52-41-19-7-3-15-35(41)49(37)36-16-4-8-20-42(36)53-46-28-30(24-26-38(46)49)32-14-10-22-44-48(32)34-12-2-6-18-40(34)51-44/h1-28H. The van der Waals surface area contributed by atoms with Gasteiger partial charge >= 0.3 is 0 Å². The Morgan fingerprint density at radius 2 is 0.736 bits per heavy atom. The van der Waals surface area contributed by atoms with Crippen LogP contribution in [-0.2, 0) is 5.41 Å². The first-order valence-electron chi connectivity index (χ1n) is 17.9. The van der Waals surface area contributed by atoms with Crippen molar-refractivity contribution >= 4 is 43.9 Å². The summed E-state index contributed by atoms with van der Waals surface area (Å²) in [5, 5.41) is 4.40. The maximum absolute atomic E-state index is 6.88. The van der Waals surface area contributed by atoms with Crippen molar-refractivity contribution in [1.82, 2.24) is 0 Å². The van der Waals surface area contributed by atoms with Crippen molar-refractivity contribution in [2.24, 2.45) is 0 Å². The molecular weight excluding hydrogens is 653 g/mol. The van der Waals surface area contributed by atoms with Crippen LogP contribution in [0.2, 0.25) is 0 Å². The molecule has 8 aromatic carbocycles. The molecular formula is C49H28O4. The molecule has 0 unspecified atom stereocenters. The lowest BCUT2D eigenvalue weighted by molar-refractivity contribution is 0.399. The van der Waals surface area contributed by atoms with Crippen molar-refractivity contribution in [3.8, 4) is 45.3 Å². The number of fused-ring (bicyclic) bond motifs is 14.